The second kappa shape index (κ2) is 12.8. The number of ether oxygens (including phenoxy) is 1. The third-order valence-corrected chi connectivity index (χ3v) is 8.90. The Morgan fingerprint density at radius 3 is 2.31 bits per heavy atom. The van der Waals surface area contributed by atoms with E-state index in [9.17, 15) is 24.5 Å². The second-order valence-electron chi connectivity index (χ2n) is 11.6. The van der Waals surface area contributed by atoms with Gasteiger partial charge in [0.1, 0.15) is 23.9 Å². The fourth-order valence-corrected chi connectivity index (χ4v) is 6.26. The SMILES string of the molecule is N#Cc1cc(F)ccc1COc1ccc2nc(C(=O)N3CCC(C#N)(c4ccccc4)CC3)cc(C(=O)N3CCCCC3)c2c1. The van der Waals surface area contributed by atoms with Crippen LogP contribution in [0.2, 0.25) is 0 Å². The quantitative estimate of drug-likeness (QED) is 0.262. The molecular weight excluding hydrogens is 569 g/mol. The van der Waals surface area contributed by atoms with E-state index in [1.807, 2.05) is 41.3 Å². The van der Waals surface area contributed by atoms with Crippen LogP contribution >= 0.6 is 0 Å². The van der Waals surface area contributed by atoms with Gasteiger partial charge in [-0.15, -0.1) is 0 Å². The summed E-state index contributed by atoms with van der Waals surface area (Å²) in [6.45, 7) is 2.13. The zero-order valence-electron chi connectivity index (χ0n) is 24.8. The molecule has 0 spiro atoms. The normalized spacial score (nSPS) is 16.1. The Kier molecular flexibility index (Phi) is 8.44. The molecule has 2 saturated heterocycles. The summed E-state index contributed by atoms with van der Waals surface area (Å²) in [5.74, 6) is -0.479. The Balaban J connectivity index is 1.29. The molecule has 6 rings (SSSR count). The van der Waals surface area contributed by atoms with E-state index < -0.39 is 11.2 Å². The molecule has 45 heavy (non-hydrogen) atoms. The standard InChI is InChI=1S/C36H32FN5O3/c37-28-10-9-25(26(19-28)22-38)23-45-29-11-12-32-30(20-29)31(34(43)41-15-5-2-6-16-41)21-33(40-32)35(44)42-17-13-36(24-39,14-18-42)27-7-3-1-4-8-27/h1,3-4,7-12,19-21H,2,5-6,13-18,23H2. The molecule has 0 N–H and O–H groups in total. The number of benzene rings is 3. The van der Waals surface area contributed by atoms with Crippen LogP contribution in [0.4, 0.5) is 4.39 Å². The van der Waals surface area contributed by atoms with Crippen molar-refractivity contribution >= 4 is 22.7 Å². The maximum absolute atomic E-state index is 13.9. The molecular formula is C36H32FN5O3. The van der Waals surface area contributed by atoms with Gasteiger partial charge in [0.15, 0.2) is 0 Å². The van der Waals surface area contributed by atoms with Crippen molar-refractivity contribution in [2.24, 2.45) is 0 Å². The first-order chi connectivity index (χ1) is 21.9. The first kappa shape index (κ1) is 29.8. The largest absolute Gasteiger partial charge is 0.489 e. The molecule has 8 nitrogen and oxygen atoms in total. The van der Waals surface area contributed by atoms with Crippen molar-refractivity contribution in [3.63, 3.8) is 0 Å². The number of halogens is 1. The summed E-state index contributed by atoms with van der Waals surface area (Å²) in [4.78, 5) is 35.9. The molecule has 9 heteroatoms. The number of likely N-dealkylation sites (tertiary alicyclic amines) is 2. The van der Waals surface area contributed by atoms with Gasteiger partial charge in [0, 0.05) is 37.1 Å². The summed E-state index contributed by atoms with van der Waals surface area (Å²) in [7, 11) is 0. The minimum Gasteiger partial charge on any atom is -0.489 e. The molecule has 2 fully saturated rings. The number of piperidine rings is 2. The molecule has 226 valence electrons. The van der Waals surface area contributed by atoms with Gasteiger partial charge in [-0.3, -0.25) is 9.59 Å². The van der Waals surface area contributed by atoms with Crippen LogP contribution in [0.5, 0.6) is 5.75 Å². The van der Waals surface area contributed by atoms with Crippen molar-refractivity contribution in [3.8, 4) is 17.9 Å². The van der Waals surface area contributed by atoms with Crippen molar-refractivity contribution in [1.82, 2.24) is 14.8 Å². The lowest BCUT2D eigenvalue weighted by molar-refractivity contribution is 0.0686. The van der Waals surface area contributed by atoms with Crippen LogP contribution in [0.3, 0.4) is 0 Å². The number of hydrogen-bond acceptors (Lipinski definition) is 6. The number of nitrogens with zero attached hydrogens (tertiary/aromatic N) is 5. The highest BCUT2D eigenvalue weighted by atomic mass is 19.1. The molecule has 3 aromatic carbocycles. The van der Waals surface area contributed by atoms with Crippen molar-refractivity contribution in [1.29, 1.82) is 10.5 Å². The third-order valence-electron chi connectivity index (χ3n) is 8.90. The maximum Gasteiger partial charge on any atom is 0.272 e. The smallest absolute Gasteiger partial charge is 0.272 e. The molecule has 0 aliphatic carbocycles. The molecule has 0 radical (unpaired) electrons. The van der Waals surface area contributed by atoms with Gasteiger partial charge < -0.3 is 14.5 Å². The first-order valence-corrected chi connectivity index (χ1v) is 15.2. The molecule has 0 unspecified atom stereocenters. The van der Waals surface area contributed by atoms with Gasteiger partial charge in [-0.1, -0.05) is 36.4 Å². The van der Waals surface area contributed by atoms with E-state index >= 15 is 0 Å². The Labute approximate surface area is 261 Å². The van der Waals surface area contributed by atoms with Crippen LogP contribution in [0, 0.1) is 28.5 Å². The Morgan fingerprint density at radius 1 is 0.867 bits per heavy atom. The van der Waals surface area contributed by atoms with Gasteiger partial charge in [-0.05, 0) is 74.1 Å². The summed E-state index contributed by atoms with van der Waals surface area (Å²) >= 11 is 0. The average Bonchev–Trinajstić information content (AvgIpc) is 3.10. The van der Waals surface area contributed by atoms with E-state index in [1.54, 1.807) is 29.2 Å². The summed E-state index contributed by atoms with van der Waals surface area (Å²) in [6, 6.07) is 24.9. The number of nitriles is 2. The highest BCUT2D eigenvalue weighted by Gasteiger charge is 2.38. The van der Waals surface area contributed by atoms with E-state index in [4.69, 9.17) is 4.74 Å². The van der Waals surface area contributed by atoms with Gasteiger partial charge in [0.25, 0.3) is 11.8 Å². The van der Waals surface area contributed by atoms with Crippen LogP contribution in [0.15, 0.2) is 72.8 Å². The highest BCUT2D eigenvalue weighted by molar-refractivity contribution is 6.09. The van der Waals surface area contributed by atoms with E-state index in [1.165, 1.54) is 18.2 Å². The minimum atomic E-state index is -0.650. The zero-order chi connectivity index (χ0) is 31.4. The summed E-state index contributed by atoms with van der Waals surface area (Å²) in [5, 5.41) is 20.0. The van der Waals surface area contributed by atoms with Crippen LogP contribution in [0.25, 0.3) is 10.9 Å². The molecule has 0 bridgehead atoms. The molecule has 2 aliphatic rings. The Morgan fingerprint density at radius 2 is 1.60 bits per heavy atom. The predicted octanol–water partition coefficient (Wildman–Crippen LogP) is 6.15. The third kappa shape index (κ3) is 6.07. The average molecular weight is 602 g/mol. The monoisotopic (exact) mass is 601 g/mol. The number of rotatable bonds is 6. The van der Waals surface area contributed by atoms with Gasteiger partial charge in [0.05, 0.1) is 34.2 Å². The number of hydrogen-bond donors (Lipinski definition) is 0. The fraction of sp³-hybridized carbons (Fsp3) is 0.306. The van der Waals surface area contributed by atoms with Gasteiger partial charge >= 0.3 is 0 Å². The number of carbonyl (C=O) groups excluding carboxylic acids is 2. The lowest BCUT2D eigenvalue weighted by Crippen LogP contribution is -2.45. The van der Waals surface area contributed by atoms with Crippen LogP contribution in [0.1, 0.15) is 69.6 Å². The van der Waals surface area contributed by atoms with E-state index in [0.717, 1.165) is 24.8 Å². The molecule has 2 amide bonds. The van der Waals surface area contributed by atoms with Gasteiger partial charge in [-0.2, -0.15) is 10.5 Å². The fourth-order valence-electron chi connectivity index (χ4n) is 6.26. The topological polar surface area (TPSA) is 110 Å². The van der Waals surface area contributed by atoms with Crippen molar-refractivity contribution in [2.45, 2.75) is 44.1 Å². The summed E-state index contributed by atoms with van der Waals surface area (Å²) in [5.41, 5.74) is 2.09. The Bertz CT molecular complexity index is 1830. The van der Waals surface area contributed by atoms with Gasteiger partial charge in [-0.25, -0.2) is 9.37 Å². The van der Waals surface area contributed by atoms with E-state index in [0.29, 0.717) is 66.8 Å². The van der Waals surface area contributed by atoms with Crippen molar-refractivity contribution in [2.75, 3.05) is 26.2 Å². The van der Waals surface area contributed by atoms with E-state index in [2.05, 4.69) is 11.1 Å². The first-order valence-electron chi connectivity index (χ1n) is 15.2. The lowest BCUT2D eigenvalue weighted by atomic mass is 9.74. The number of aromatic nitrogens is 1. The molecule has 3 heterocycles. The van der Waals surface area contributed by atoms with Gasteiger partial charge in [0.2, 0.25) is 0 Å². The maximum atomic E-state index is 13.9. The Hall–Kier alpha value is -5.28. The predicted molar refractivity (Wildman–Crippen MR) is 166 cm³/mol. The summed E-state index contributed by atoms with van der Waals surface area (Å²) in [6.07, 6.45) is 3.93. The number of fused-ring (bicyclic) bond motifs is 1. The zero-order valence-corrected chi connectivity index (χ0v) is 24.8. The number of pyridine rings is 1. The van der Waals surface area contributed by atoms with Crippen molar-refractivity contribution < 1.29 is 18.7 Å². The molecule has 2 aliphatic heterocycles. The highest BCUT2D eigenvalue weighted by Crippen LogP contribution is 2.35. The van der Waals surface area contributed by atoms with Crippen LogP contribution < -0.4 is 4.74 Å². The minimum absolute atomic E-state index is 0.0379. The van der Waals surface area contributed by atoms with E-state index in [-0.39, 0.29) is 29.7 Å². The summed E-state index contributed by atoms with van der Waals surface area (Å²) < 4.78 is 19.6. The molecule has 0 atom stereocenters. The lowest BCUT2D eigenvalue weighted by Gasteiger charge is -2.37. The molecule has 0 saturated carbocycles. The molecule has 4 aromatic rings. The number of carbonyl (C=O) groups is 2. The number of amides is 2. The van der Waals surface area contributed by atoms with Crippen LogP contribution in [-0.2, 0) is 12.0 Å². The van der Waals surface area contributed by atoms with Crippen molar-refractivity contribution in [3.05, 3.63) is 107 Å². The second-order valence-corrected chi connectivity index (χ2v) is 11.6. The molecule has 1 aromatic heterocycles. The van der Waals surface area contributed by atoms with Crippen LogP contribution in [-0.4, -0.2) is 52.8 Å².